The second-order valence-corrected chi connectivity index (χ2v) is 7.00. The van der Waals surface area contributed by atoms with Gasteiger partial charge >= 0.3 is 0 Å². The van der Waals surface area contributed by atoms with Crippen LogP contribution < -0.4 is 0 Å². The summed E-state index contributed by atoms with van der Waals surface area (Å²) < 4.78 is 3.71. The second kappa shape index (κ2) is 6.75. The van der Waals surface area contributed by atoms with Gasteiger partial charge in [-0.25, -0.2) is 9.67 Å². The van der Waals surface area contributed by atoms with Crippen LogP contribution in [0.5, 0.6) is 0 Å². The number of carbonyl (C=O) groups excluding carboxylic acids is 1. The summed E-state index contributed by atoms with van der Waals surface area (Å²) in [7, 11) is 0. The summed E-state index contributed by atoms with van der Waals surface area (Å²) in [4.78, 5) is 19.2. The fraction of sp³-hybridized carbons (Fsp3) is 0.647. The fourth-order valence-electron chi connectivity index (χ4n) is 3.61. The van der Waals surface area contributed by atoms with Gasteiger partial charge in [-0.1, -0.05) is 13.8 Å². The molecule has 3 heterocycles. The molecule has 1 saturated heterocycles. The van der Waals surface area contributed by atoms with Crippen LogP contribution >= 0.6 is 0 Å². The first kappa shape index (κ1) is 16.7. The molecule has 0 bridgehead atoms. The first-order valence-electron chi connectivity index (χ1n) is 8.63. The minimum absolute atomic E-state index is 0.138. The number of nitrogens with zero attached hydrogens (tertiary/aromatic N) is 6. The molecule has 0 spiro atoms. The predicted molar refractivity (Wildman–Crippen MR) is 90.3 cm³/mol. The summed E-state index contributed by atoms with van der Waals surface area (Å²) in [5, 5.41) is 8.75. The number of aromatic nitrogens is 5. The normalized spacial score (nSPS) is 19.2. The van der Waals surface area contributed by atoms with Gasteiger partial charge in [0.1, 0.15) is 18.7 Å². The Morgan fingerprint density at radius 3 is 2.75 bits per heavy atom. The van der Waals surface area contributed by atoms with E-state index in [2.05, 4.69) is 42.0 Å². The molecule has 2 atom stereocenters. The molecule has 7 nitrogen and oxygen atoms in total. The molecule has 0 aromatic carbocycles. The summed E-state index contributed by atoms with van der Waals surface area (Å²) in [6.45, 7) is 9.73. The van der Waals surface area contributed by atoms with Gasteiger partial charge in [0.2, 0.25) is 5.91 Å². The molecule has 0 N–H and O–H groups in total. The highest BCUT2D eigenvalue weighted by molar-refractivity contribution is 5.81. The van der Waals surface area contributed by atoms with Crippen molar-refractivity contribution in [2.24, 2.45) is 5.92 Å². The quantitative estimate of drug-likeness (QED) is 0.840. The van der Waals surface area contributed by atoms with Crippen LogP contribution in [0.3, 0.4) is 0 Å². The van der Waals surface area contributed by atoms with Crippen LogP contribution in [0, 0.1) is 19.8 Å². The zero-order chi connectivity index (χ0) is 17.3. The summed E-state index contributed by atoms with van der Waals surface area (Å²) in [6.07, 6.45) is 5.18. The number of likely N-dealkylation sites (tertiary alicyclic amines) is 1. The van der Waals surface area contributed by atoms with E-state index in [4.69, 9.17) is 0 Å². The van der Waals surface area contributed by atoms with Crippen LogP contribution in [0.4, 0.5) is 0 Å². The number of hydrogen-bond acceptors (Lipinski definition) is 4. The molecule has 2 aromatic rings. The third-order valence-corrected chi connectivity index (χ3v) is 4.75. The largest absolute Gasteiger partial charge is 0.336 e. The number of rotatable bonds is 5. The number of aryl methyl sites for hydroxylation is 2. The number of hydrogen-bond donors (Lipinski definition) is 0. The van der Waals surface area contributed by atoms with Gasteiger partial charge in [0.25, 0.3) is 0 Å². The lowest BCUT2D eigenvalue weighted by molar-refractivity contribution is -0.137. The molecule has 1 aliphatic rings. The molecule has 0 aliphatic carbocycles. The van der Waals surface area contributed by atoms with Gasteiger partial charge in [0.05, 0.1) is 18.3 Å². The summed E-state index contributed by atoms with van der Waals surface area (Å²) in [5.74, 6) is 0.300. The average molecular weight is 330 g/mol. The standard InChI is InChI=1S/C17H26N6O/c1-12(2)16(23-11-18-10-19-23)17(24)21-7-5-6-15(21)9-22-14(4)8-13(3)20-22/h8,10-12,15-16H,5-7,9H2,1-4H3/t15-,16+/m1/s1. The van der Waals surface area contributed by atoms with Gasteiger partial charge in [-0.3, -0.25) is 9.48 Å². The van der Waals surface area contributed by atoms with Gasteiger partial charge in [-0.15, -0.1) is 0 Å². The fourth-order valence-corrected chi connectivity index (χ4v) is 3.61. The van der Waals surface area contributed by atoms with Gasteiger partial charge in [-0.2, -0.15) is 10.2 Å². The van der Waals surface area contributed by atoms with Crippen LogP contribution in [0.2, 0.25) is 0 Å². The Balaban J connectivity index is 1.79. The third-order valence-electron chi connectivity index (χ3n) is 4.75. The highest BCUT2D eigenvalue weighted by atomic mass is 16.2. The van der Waals surface area contributed by atoms with Crippen LogP contribution in [0.1, 0.15) is 44.1 Å². The second-order valence-electron chi connectivity index (χ2n) is 7.00. The minimum Gasteiger partial charge on any atom is -0.336 e. The van der Waals surface area contributed by atoms with E-state index in [1.807, 2.05) is 16.5 Å². The van der Waals surface area contributed by atoms with Crippen molar-refractivity contribution in [2.75, 3.05) is 6.54 Å². The highest BCUT2D eigenvalue weighted by Crippen LogP contribution is 2.26. The maximum absolute atomic E-state index is 13.2. The van der Waals surface area contributed by atoms with Gasteiger partial charge < -0.3 is 4.90 Å². The summed E-state index contributed by atoms with van der Waals surface area (Å²) in [5.41, 5.74) is 2.16. The van der Waals surface area contributed by atoms with Crippen molar-refractivity contribution in [3.05, 3.63) is 30.1 Å². The molecule has 0 unspecified atom stereocenters. The van der Waals surface area contributed by atoms with E-state index < -0.39 is 0 Å². The Hall–Kier alpha value is -2.18. The molecule has 1 fully saturated rings. The lowest BCUT2D eigenvalue weighted by Crippen LogP contribution is -2.44. The van der Waals surface area contributed by atoms with Crippen molar-refractivity contribution < 1.29 is 4.79 Å². The molecule has 2 aromatic heterocycles. The van der Waals surface area contributed by atoms with Crippen molar-refractivity contribution >= 4 is 5.91 Å². The average Bonchev–Trinajstić information content (AvgIpc) is 3.22. The Morgan fingerprint density at radius 2 is 2.17 bits per heavy atom. The molecular formula is C17H26N6O. The number of amides is 1. The van der Waals surface area contributed by atoms with Gasteiger partial charge in [0.15, 0.2) is 0 Å². The molecule has 7 heteroatoms. The van der Waals surface area contributed by atoms with Crippen molar-refractivity contribution in [2.45, 2.75) is 59.2 Å². The van der Waals surface area contributed by atoms with Crippen LogP contribution in [0.15, 0.2) is 18.7 Å². The topological polar surface area (TPSA) is 68.8 Å². The van der Waals surface area contributed by atoms with Crippen molar-refractivity contribution in [1.29, 1.82) is 0 Å². The molecule has 0 saturated carbocycles. The molecule has 24 heavy (non-hydrogen) atoms. The molecule has 130 valence electrons. The van der Waals surface area contributed by atoms with Crippen molar-refractivity contribution in [3.8, 4) is 0 Å². The Bertz CT molecular complexity index is 690. The third kappa shape index (κ3) is 3.20. The molecule has 0 radical (unpaired) electrons. The van der Waals surface area contributed by atoms with Crippen LogP contribution in [-0.4, -0.2) is 47.9 Å². The Kier molecular flexibility index (Phi) is 4.69. The van der Waals surface area contributed by atoms with E-state index in [1.54, 1.807) is 11.0 Å². The molecule has 3 rings (SSSR count). The lowest BCUT2D eigenvalue weighted by atomic mass is 10.0. The zero-order valence-electron chi connectivity index (χ0n) is 14.9. The smallest absolute Gasteiger partial charge is 0.248 e. The van der Waals surface area contributed by atoms with Gasteiger partial charge in [0, 0.05) is 12.2 Å². The molecule has 1 amide bonds. The minimum atomic E-state index is -0.298. The first-order chi connectivity index (χ1) is 11.5. The Morgan fingerprint density at radius 1 is 1.38 bits per heavy atom. The van der Waals surface area contributed by atoms with Crippen molar-refractivity contribution in [3.63, 3.8) is 0 Å². The van der Waals surface area contributed by atoms with E-state index in [9.17, 15) is 4.79 Å². The predicted octanol–water partition coefficient (Wildman–Crippen LogP) is 1.98. The SMILES string of the molecule is Cc1cc(C)n(C[C@H]2CCCN2C(=O)[C@H](C(C)C)n2cncn2)n1. The monoisotopic (exact) mass is 330 g/mol. The van der Waals surface area contributed by atoms with Gasteiger partial charge in [-0.05, 0) is 38.7 Å². The van der Waals surface area contributed by atoms with E-state index in [0.717, 1.165) is 37.3 Å². The lowest BCUT2D eigenvalue weighted by Gasteiger charge is -2.30. The highest BCUT2D eigenvalue weighted by Gasteiger charge is 2.36. The zero-order valence-corrected chi connectivity index (χ0v) is 14.9. The van der Waals surface area contributed by atoms with Crippen LogP contribution in [0.25, 0.3) is 0 Å². The van der Waals surface area contributed by atoms with E-state index in [1.165, 1.54) is 6.33 Å². The maximum atomic E-state index is 13.2. The summed E-state index contributed by atoms with van der Waals surface area (Å²) >= 11 is 0. The first-order valence-corrected chi connectivity index (χ1v) is 8.63. The van der Waals surface area contributed by atoms with Crippen LogP contribution in [-0.2, 0) is 11.3 Å². The van der Waals surface area contributed by atoms with E-state index in [-0.39, 0.29) is 23.9 Å². The molecule has 1 aliphatic heterocycles. The van der Waals surface area contributed by atoms with E-state index in [0.29, 0.717) is 0 Å². The Labute approximate surface area is 142 Å². The maximum Gasteiger partial charge on any atom is 0.248 e. The molecular weight excluding hydrogens is 304 g/mol. The number of carbonyl (C=O) groups is 1. The van der Waals surface area contributed by atoms with Crippen molar-refractivity contribution in [1.82, 2.24) is 29.4 Å². The van der Waals surface area contributed by atoms with E-state index >= 15 is 0 Å². The summed E-state index contributed by atoms with van der Waals surface area (Å²) in [6, 6.07) is 1.97.